The summed E-state index contributed by atoms with van der Waals surface area (Å²) >= 11 is 0. The number of rotatable bonds is 14. The van der Waals surface area contributed by atoms with Crippen LogP contribution in [0.1, 0.15) is 43.7 Å². The molecule has 2 atom stereocenters. The van der Waals surface area contributed by atoms with Crippen molar-refractivity contribution < 1.29 is 9.47 Å². The quantitative estimate of drug-likeness (QED) is 0.0773. The van der Waals surface area contributed by atoms with Gasteiger partial charge < -0.3 is 14.4 Å². The zero-order chi connectivity index (χ0) is 32.5. The third-order valence-electron chi connectivity index (χ3n) is 9.64. The standard InChI is InChI=1S/C35H53N7O2Si2/c1-40-13-12-32(39-40)31-11-10-28(22-36-31)30-23-37-42-34(21-33(38-35(30)42)29-19-26-8-9-27(18-26)20-29)41(24-43-14-16-45(2,3)4)25-44-15-17-46(5,6)7/h10-13,21-23,26-27,29H,8-9,14-20,24-25H2,1-7H3. The van der Waals surface area contributed by atoms with E-state index in [1.807, 2.05) is 42.3 Å². The molecule has 2 fully saturated rings. The summed E-state index contributed by atoms with van der Waals surface area (Å²) in [5, 5.41) is 9.46. The number of hydrogen-bond acceptors (Lipinski definition) is 7. The third kappa shape index (κ3) is 8.16. The van der Waals surface area contributed by atoms with Crippen LogP contribution in [-0.2, 0) is 16.5 Å². The molecular weight excluding hydrogens is 607 g/mol. The van der Waals surface area contributed by atoms with E-state index in [1.54, 1.807) is 4.68 Å². The van der Waals surface area contributed by atoms with Crippen molar-refractivity contribution in [2.45, 2.75) is 89.4 Å². The summed E-state index contributed by atoms with van der Waals surface area (Å²) in [6.45, 7) is 16.8. The minimum atomic E-state index is -1.21. The first-order chi connectivity index (χ1) is 21.9. The fraction of sp³-hybridized carbons (Fsp3) is 0.600. The number of aryl methyl sites for hydroxylation is 1. The first-order valence-corrected chi connectivity index (χ1v) is 24.6. The monoisotopic (exact) mass is 659 g/mol. The summed E-state index contributed by atoms with van der Waals surface area (Å²) < 4.78 is 16.5. The minimum absolute atomic E-state index is 0.460. The second kappa shape index (κ2) is 13.7. The lowest BCUT2D eigenvalue weighted by Gasteiger charge is -2.30. The second-order valence-electron chi connectivity index (χ2n) is 16.1. The zero-order valence-corrected chi connectivity index (χ0v) is 31.0. The molecule has 2 aliphatic rings. The Morgan fingerprint density at radius 3 is 2.09 bits per heavy atom. The van der Waals surface area contributed by atoms with Gasteiger partial charge >= 0.3 is 0 Å². The van der Waals surface area contributed by atoms with Gasteiger partial charge in [-0.25, -0.2) is 4.98 Å². The van der Waals surface area contributed by atoms with Crippen LogP contribution in [0.25, 0.3) is 28.2 Å². The molecule has 0 radical (unpaired) electrons. The van der Waals surface area contributed by atoms with E-state index in [0.717, 1.165) is 71.1 Å². The lowest BCUT2D eigenvalue weighted by molar-refractivity contribution is 0.0942. The van der Waals surface area contributed by atoms with Crippen LogP contribution in [-0.4, -0.2) is 72.2 Å². The summed E-state index contributed by atoms with van der Waals surface area (Å²) in [6, 6.07) is 10.7. The highest BCUT2D eigenvalue weighted by Crippen LogP contribution is 2.48. The molecule has 11 heteroatoms. The normalized spacial score (nSPS) is 20.1. The van der Waals surface area contributed by atoms with Gasteiger partial charge in [0.25, 0.3) is 0 Å². The molecular formula is C35H53N7O2Si2. The Bertz CT molecular complexity index is 1570. The summed E-state index contributed by atoms with van der Waals surface area (Å²) in [6.07, 6.45) is 12.4. The topological polar surface area (TPSA) is 82.6 Å². The molecule has 0 aliphatic heterocycles. The van der Waals surface area contributed by atoms with E-state index in [9.17, 15) is 0 Å². The van der Waals surface area contributed by atoms with Crippen molar-refractivity contribution in [1.29, 1.82) is 0 Å². The Kier molecular flexibility index (Phi) is 9.84. The van der Waals surface area contributed by atoms with E-state index in [1.165, 1.54) is 37.8 Å². The van der Waals surface area contributed by atoms with Gasteiger partial charge in [-0.3, -0.25) is 9.67 Å². The fourth-order valence-corrected chi connectivity index (χ4v) is 8.40. The van der Waals surface area contributed by atoms with Crippen LogP contribution in [0.4, 0.5) is 5.82 Å². The summed E-state index contributed by atoms with van der Waals surface area (Å²) in [5.74, 6) is 3.10. The molecule has 4 heterocycles. The predicted molar refractivity (Wildman–Crippen MR) is 192 cm³/mol. The maximum absolute atomic E-state index is 6.36. The lowest BCUT2D eigenvalue weighted by Crippen LogP contribution is -2.33. The number of anilines is 1. The van der Waals surface area contributed by atoms with E-state index in [4.69, 9.17) is 24.5 Å². The average Bonchev–Trinajstić information content (AvgIpc) is 3.72. The smallest absolute Gasteiger partial charge is 0.165 e. The van der Waals surface area contributed by atoms with Crippen molar-refractivity contribution in [3.63, 3.8) is 0 Å². The van der Waals surface area contributed by atoms with Crippen LogP contribution in [0.15, 0.2) is 42.9 Å². The lowest BCUT2D eigenvalue weighted by atomic mass is 9.79. The van der Waals surface area contributed by atoms with Gasteiger partial charge in [-0.2, -0.15) is 14.7 Å². The molecule has 9 nitrogen and oxygen atoms in total. The molecule has 0 aromatic carbocycles. The number of fused-ring (bicyclic) bond motifs is 3. The molecule has 6 rings (SSSR count). The largest absolute Gasteiger partial charge is 0.361 e. The van der Waals surface area contributed by atoms with E-state index >= 15 is 0 Å². The third-order valence-corrected chi connectivity index (χ3v) is 13.0. The van der Waals surface area contributed by atoms with Gasteiger partial charge in [0.05, 0.1) is 11.9 Å². The number of ether oxygens (including phenoxy) is 2. The van der Waals surface area contributed by atoms with E-state index < -0.39 is 16.1 Å². The minimum Gasteiger partial charge on any atom is -0.361 e. The van der Waals surface area contributed by atoms with Gasteiger partial charge in [0, 0.05) is 77.6 Å². The van der Waals surface area contributed by atoms with Gasteiger partial charge in [-0.15, -0.1) is 0 Å². The van der Waals surface area contributed by atoms with E-state index in [-0.39, 0.29) is 0 Å². The molecule has 248 valence electrons. The second-order valence-corrected chi connectivity index (χ2v) is 27.3. The Balaban J connectivity index is 1.35. The molecule has 4 aromatic heterocycles. The van der Waals surface area contributed by atoms with Gasteiger partial charge in [-0.05, 0) is 55.3 Å². The maximum atomic E-state index is 6.36. The van der Waals surface area contributed by atoms with Crippen molar-refractivity contribution >= 4 is 27.6 Å². The van der Waals surface area contributed by atoms with Gasteiger partial charge in [0.15, 0.2) is 5.65 Å². The summed E-state index contributed by atoms with van der Waals surface area (Å²) in [7, 11) is -0.497. The highest BCUT2D eigenvalue weighted by Gasteiger charge is 2.36. The van der Waals surface area contributed by atoms with Gasteiger partial charge in [0.1, 0.15) is 25.0 Å². The number of pyridine rings is 1. The first-order valence-electron chi connectivity index (χ1n) is 17.2. The molecule has 2 bridgehead atoms. The Labute approximate surface area is 276 Å². The van der Waals surface area contributed by atoms with Crippen LogP contribution >= 0.6 is 0 Å². The maximum Gasteiger partial charge on any atom is 0.165 e. The molecule has 46 heavy (non-hydrogen) atoms. The molecule has 0 spiro atoms. The highest BCUT2D eigenvalue weighted by atomic mass is 28.3. The molecule has 2 unspecified atom stereocenters. The van der Waals surface area contributed by atoms with E-state index in [0.29, 0.717) is 19.4 Å². The van der Waals surface area contributed by atoms with Crippen molar-refractivity contribution in [2.24, 2.45) is 18.9 Å². The van der Waals surface area contributed by atoms with Gasteiger partial charge in [-0.1, -0.05) is 58.2 Å². The Morgan fingerprint density at radius 1 is 0.848 bits per heavy atom. The SMILES string of the molecule is Cn1ccc(-c2ccc(-c3cnn4c(N(COCC[Si](C)(C)C)COCC[Si](C)(C)C)cc(C5CC6CCC(C6)C5)nc34)cn2)n1. The number of aromatic nitrogens is 6. The van der Waals surface area contributed by atoms with Crippen LogP contribution in [0.3, 0.4) is 0 Å². The zero-order valence-electron chi connectivity index (χ0n) is 29.0. The first kappa shape index (κ1) is 33.1. The van der Waals surface area contributed by atoms with E-state index in [2.05, 4.69) is 61.4 Å². The fourth-order valence-electron chi connectivity index (χ4n) is 6.88. The van der Waals surface area contributed by atoms with Crippen LogP contribution in [0, 0.1) is 11.8 Å². The van der Waals surface area contributed by atoms with Crippen molar-refractivity contribution in [2.75, 3.05) is 31.6 Å². The van der Waals surface area contributed by atoms with Crippen LogP contribution in [0.2, 0.25) is 51.4 Å². The summed E-state index contributed by atoms with van der Waals surface area (Å²) in [5.41, 5.74) is 5.74. The highest BCUT2D eigenvalue weighted by molar-refractivity contribution is 6.76. The Morgan fingerprint density at radius 2 is 1.52 bits per heavy atom. The van der Waals surface area contributed by atoms with Crippen molar-refractivity contribution in [1.82, 2.24) is 29.4 Å². The van der Waals surface area contributed by atoms with Crippen LogP contribution < -0.4 is 4.90 Å². The number of hydrogen-bond donors (Lipinski definition) is 0. The molecule has 2 saturated carbocycles. The molecule has 0 saturated heterocycles. The number of nitrogens with zero attached hydrogens (tertiary/aromatic N) is 7. The molecule has 4 aromatic rings. The molecule has 2 aliphatic carbocycles. The van der Waals surface area contributed by atoms with Crippen molar-refractivity contribution in [3.8, 4) is 22.5 Å². The average molecular weight is 660 g/mol. The Hall–Kier alpha value is -2.87. The van der Waals surface area contributed by atoms with Crippen LogP contribution in [0.5, 0.6) is 0 Å². The van der Waals surface area contributed by atoms with Crippen molar-refractivity contribution in [3.05, 3.63) is 48.5 Å². The molecule has 0 N–H and O–H groups in total. The molecule has 0 amide bonds. The van der Waals surface area contributed by atoms with Gasteiger partial charge in [0.2, 0.25) is 0 Å². The predicted octanol–water partition coefficient (Wildman–Crippen LogP) is 7.92. The summed E-state index contributed by atoms with van der Waals surface area (Å²) in [4.78, 5) is 12.4.